The molecule has 0 radical (unpaired) electrons. The summed E-state index contributed by atoms with van der Waals surface area (Å²) >= 11 is 0. The van der Waals surface area contributed by atoms with Gasteiger partial charge in [0.1, 0.15) is 5.75 Å². The van der Waals surface area contributed by atoms with Crippen molar-refractivity contribution in [1.82, 2.24) is 0 Å². The molecule has 0 unspecified atom stereocenters. The number of carbonyl (C=O) groups excluding carboxylic acids is 1. The Kier molecular flexibility index (Phi) is 4.74. The first-order chi connectivity index (χ1) is 11.0. The first-order valence-electron chi connectivity index (χ1n) is 7.49. The quantitative estimate of drug-likeness (QED) is 0.667. The maximum atomic E-state index is 12.6. The summed E-state index contributed by atoms with van der Waals surface area (Å²) < 4.78 is 42.0. The van der Waals surface area contributed by atoms with Gasteiger partial charge < -0.3 is 4.74 Å². The molecule has 0 aliphatic carbocycles. The molecule has 2 nitrogen and oxygen atoms in total. The van der Waals surface area contributed by atoms with Crippen LogP contribution in [0.25, 0.3) is 11.1 Å². The second-order valence-corrected chi connectivity index (χ2v) is 6.65. The van der Waals surface area contributed by atoms with Crippen molar-refractivity contribution in [3.05, 3.63) is 53.6 Å². The summed E-state index contributed by atoms with van der Waals surface area (Å²) in [7, 11) is 0. The number of hydrogen-bond donors (Lipinski definition) is 0. The number of Topliss-reactive ketones (excluding diaryl/α,β-unsaturated/α-hetero) is 1. The van der Waals surface area contributed by atoms with Gasteiger partial charge in [-0.25, -0.2) is 0 Å². The molecule has 0 bridgehead atoms. The molecule has 5 heteroatoms. The van der Waals surface area contributed by atoms with Gasteiger partial charge in [-0.15, -0.1) is 13.2 Å². The fraction of sp³-hybridized carbons (Fsp3) is 0.316. The number of rotatable bonds is 3. The number of halogens is 3. The highest BCUT2D eigenvalue weighted by atomic mass is 19.4. The second kappa shape index (κ2) is 6.30. The molecule has 0 fully saturated rings. The fourth-order valence-electron chi connectivity index (χ4n) is 2.43. The first-order valence-corrected chi connectivity index (χ1v) is 7.49. The summed E-state index contributed by atoms with van der Waals surface area (Å²) in [6.07, 6.45) is -4.74. The van der Waals surface area contributed by atoms with Crippen LogP contribution < -0.4 is 4.74 Å². The van der Waals surface area contributed by atoms with Crippen LogP contribution in [-0.2, 0) is 5.41 Å². The van der Waals surface area contributed by atoms with E-state index in [4.69, 9.17) is 0 Å². The highest BCUT2D eigenvalue weighted by molar-refractivity contribution is 5.95. The average Bonchev–Trinajstić information content (AvgIpc) is 2.45. The van der Waals surface area contributed by atoms with Crippen LogP contribution in [0.4, 0.5) is 13.2 Å². The Morgan fingerprint density at radius 2 is 1.58 bits per heavy atom. The number of ether oxygens (including phenoxy) is 1. The Morgan fingerprint density at radius 3 is 2.12 bits per heavy atom. The molecule has 0 N–H and O–H groups in total. The van der Waals surface area contributed by atoms with Crippen molar-refractivity contribution < 1.29 is 22.7 Å². The Bertz CT molecular complexity index is 756. The summed E-state index contributed by atoms with van der Waals surface area (Å²) in [5.41, 5.74) is 1.98. The van der Waals surface area contributed by atoms with E-state index in [2.05, 4.69) is 4.74 Å². The summed E-state index contributed by atoms with van der Waals surface area (Å²) in [4.78, 5) is 11.5. The number of ketones is 1. The first kappa shape index (κ1) is 18.0. The van der Waals surface area contributed by atoms with Gasteiger partial charge in [-0.05, 0) is 41.7 Å². The van der Waals surface area contributed by atoms with E-state index in [1.165, 1.54) is 13.0 Å². The van der Waals surface area contributed by atoms with E-state index in [-0.39, 0.29) is 11.5 Å². The zero-order chi connectivity index (χ0) is 18.1. The third-order valence-corrected chi connectivity index (χ3v) is 3.62. The standard InChI is InChI=1S/C19H19F3O2/c1-12(23)13-6-5-7-14(10-13)15-8-9-17(24-19(20,21)22)16(11-15)18(2,3)4/h5-11H,1-4H3. The molecule has 0 heterocycles. The highest BCUT2D eigenvalue weighted by Gasteiger charge is 2.33. The number of alkyl halides is 3. The predicted molar refractivity (Wildman–Crippen MR) is 87.3 cm³/mol. The summed E-state index contributed by atoms with van der Waals surface area (Å²) in [6.45, 7) is 6.93. The van der Waals surface area contributed by atoms with E-state index >= 15 is 0 Å². The molecule has 0 amide bonds. The molecule has 0 saturated carbocycles. The van der Waals surface area contributed by atoms with Gasteiger partial charge in [0, 0.05) is 11.1 Å². The summed E-state index contributed by atoms with van der Waals surface area (Å²) in [5.74, 6) is -0.272. The average molecular weight is 336 g/mol. The van der Waals surface area contributed by atoms with Crippen LogP contribution in [0, 0.1) is 0 Å². The van der Waals surface area contributed by atoms with Gasteiger partial charge in [-0.2, -0.15) is 0 Å². The van der Waals surface area contributed by atoms with Crippen LogP contribution in [0.2, 0.25) is 0 Å². The molecule has 2 rings (SSSR count). The Balaban J connectivity index is 2.54. The van der Waals surface area contributed by atoms with Crippen molar-refractivity contribution in [1.29, 1.82) is 0 Å². The fourth-order valence-corrected chi connectivity index (χ4v) is 2.43. The molecular weight excluding hydrogens is 317 g/mol. The molecule has 0 aliphatic rings. The Morgan fingerprint density at radius 1 is 0.958 bits per heavy atom. The largest absolute Gasteiger partial charge is 0.573 e. The third kappa shape index (κ3) is 4.37. The van der Waals surface area contributed by atoms with Gasteiger partial charge in [0.2, 0.25) is 0 Å². The zero-order valence-corrected chi connectivity index (χ0v) is 14.0. The van der Waals surface area contributed by atoms with Crippen LogP contribution in [0.3, 0.4) is 0 Å². The minimum Gasteiger partial charge on any atom is -0.405 e. The van der Waals surface area contributed by atoms with Crippen molar-refractivity contribution in [3.8, 4) is 16.9 Å². The molecule has 0 atom stereocenters. The second-order valence-electron chi connectivity index (χ2n) is 6.65. The van der Waals surface area contributed by atoms with Gasteiger partial charge in [-0.1, -0.05) is 45.0 Å². The van der Waals surface area contributed by atoms with Crippen LogP contribution in [-0.4, -0.2) is 12.1 Å². The molecule has 2 aromatic carbocycles. The van der Waals surface area contributed by atoms with Gasteiger partial charge in [0.05, 0.1) is 0 Å². The molecule has 0 saturated heterocycles. The maximum absolute atomic E-state index is 12.6. The molecule has 0 aliphatic heterocycles. The van der Waals surface area contributed by atoms with E-state index in [0.717, 1.165) is 11.1 Å². The number of hydrogen-bond acceptors (Lipinski definition) is 2. The third-order valence-electron chi connectivity index (χ3n) is 3.62. The molecule has 24 heavy (non-hydrogen) atoms. The predicted octanol–water partition coefficient (Wildman–Crippen LogP) is 5.75. The lowest BCUT2D eigenvalue weighted by atomic mass is 9.84. The zero-order valence-electron chi connectivity index (χ0n) is 14.0. The van der Waals surface area contributed by atoms with E-state index in [0.29, 0.717) is 11.1 Å². The molecule has 2 aromatic rings. The van der Waals surface area contributed by atoms with Crippen LogP contribution in [0.1, 0.15) is 43.6 Å². The van der Waals surface area contributed by atoms with Crippen LogP contribution in [0.5, 0.6) is 5.75 Å². The Labute approximate surface area is 139 Å². The van der Waals surface area contributed by atoms with Crippen molar-refractivity contribution in [2.75, 3.05) is 0 Å². The van der Waals surface area contributed by atoms with E-state index in [9.17, 15) is 18.0 Å². The van der Waals surface area contributed by atoms with E-state index in [1.807, 2.05) is 26.8 Å². The highest BCUT2D eigenvalue weighted by Crippen LogP contribution is 2.37. The lowest BCUT2D eigenvalue weighted by molar-refractivity contribution is -0.275. The van der Waals surface area contributed by atoms with Crippen molar-refractivity contribution >= 4 is 5.78 Å². The van der Waals surface area contributed by atoms with Gasteiger partial charge in [0.15, 0.2) is 5.78 Å². The minimum atomic E-state index is -4.74. The van der Waals surface area contributed by atoms with Crippen molar-refractivity contribution in [2.24, 2.45) is 0 Å². The monoisotopic (exact) mass is 336 g/mol. The molecule has 0 spiro atoms. The summed E-state index contributed by atoms with van der Waals surface area (Å²) in [6, 6.07) is 11.6. The molecule has 0 aromatic heterocycles. The van der Waals surface area contributed by atoms with E-state index in [1.54, 1.807) is 30.3 Å². The van der Waals surface area contributed by atoms with Gasteiger partial charge in [-0.3, -0.25) is 4.79 Å². The lowest BCUT2D eigenvalue weighted by Crippen LogP contribution is -2.21. The smallest absolute Gasteiger partial charge is 0.405 e. The SMILES string of the molecule is CC(=O)c1cccc(-c2ccc(OC(F)(F)F)c(C(C)(C)C)c2)c1. The normalized spacial score (nSPS) is 12.1. The Hall–Kier alpha value is -2.30. The molecule has 128 valence electrons. The van der Waals surface area contributed by atoms with E-state index < -0.39 is 11.8 Å². The van der Waals surface area contributed by atoms with Crippen molar-refractivity contribution in [3.63, 3.8) is 0 Å². The van der Waals surface area contributed by atoms with Crippen molar-refractivity contribution in [2.45, 2.75) is 39.5 Å². The maximum Gasteiger partial charge on any atom is 0.573 e. The summed E-state index contributed by atoms with van der Waals surface area (Å²) in [5, 5.41) is 0. The topological polar surface area (TPSA) is 26.3 Å². The minimum absolute atomic E-state index is 0.0649. The number of carbonyl (C=O) groups is 1. The van der Waals surface area contributed by atoms with Gasteiger partial charge >= 0.3 is 6.36 Å². The lowest BCUT2D eigenvalue weighted by Gasteiger charge is -2.24. The van der Waals surface area contributed by atoms with Crippen LogP contribution in [0.15, 0.2) is 42.5 Å². The van der Waals surface area contributed by atoms with Crippen LogP contribution >= 0.6 is 0 Å². The molecular formula is C19H19F3O2. The number of benzene rings is 2. The van der Waals surface area contributed by atoms with Gasteiger partial charge in [0.25, 0.3) is 0 Å².